The molecule has 23 heavy (non-hydrogen) atoms. The monoisotopic (exact) mass is 324 g/mol. The topological polar surface area (TPSA) is 0 Å². The summed E-state index contributed by atoms with van der Waals surface area (Å²) in [5, 5.41) is 2.34. The van der Waals surface area contributed by atoms with Gasteiger partial charge in [-0.3, -0.25) is 0 Å². The van der Waals surface area contributed by atoms with Crippen LogP contribution in [0.2, 0.25) is 0 Å². The van der Waals surface area contributed by atoms with Gasteiger partial charge in [0.25, 0.3) is 0 Å². The standard InChI is InChI=1S/C20H22S.C2H6/c1-3-4-5-6-13-18-21(2,19-14-9-7-10-15-19)20-16-11-8-12-17-20;1-2/h3-18H,1-2H3;1-2H3/b4-3-,6-5-,18-13+;. The average molecular weight is 325 g/mol. The van der Waals surface area contributed by atoms with E-state index < -0.39 is 10.0 Å². The molecule has 0 bridgehead atoms. The first kappa shape index (κ1) is 19.1. The van der Waals surface area contributed by atoms with Crippen molar-refractivity contribution in [3.8, 4) is 0 Å². The lowest BCUT2D eigenvalue weighted by molar-refractivity contribution is 1.37. The van der Waals surface area contributed by atoms with Crippen molar-refractivity contribution in [3.63, 3.8) is 0 Å². The van der Waals surface area contributed by atoms with Crippen LogP contribution < -0.4 is 0 Å². The Balaban J connectivity index is 0.00000127. The fourth-order valence-corrected chi connectivity index (χ4v) is 4.58. The van der Waals surface area contributed by atoms with Gasteiger partial charge >= 0.3 is 0 Å². The highest BCUT2D eigenvalue weighted by molar-refractivity contribution is 8.35. The predicted octanol–water partition coefficient (Wildman–Crippen LogP) is 7.21. The number of benzene rings is 2. The first-order chi connectivity index (χ1) is 11.3. The summed E-state index contributed by atoms with van der Waals surface area (Å²) in [6, 6.07) is 21.5. The van der Waals surface area contributed by atoms with Crippen molar-refractivity contribution in [3.05, 3.63) is 96.5 Å². The van der Waals surface area contributed by atoms with Crippen molar-refractivity contribution in [2.24, 2.45) is 0 Å². The maximum Gasteiger partial charge on any atom is -0.00263 e. The molecule has 0 aromatic heterocycles. The third kappa shape index (κ3) is 5.61. The molecule has 0 fully saturated rings. The Bertz CT molecular complexity index is 582. The lowest BCUT2D eigenvalue weighted by Crippen LogP contribution is -1.96. The zero-order valence-corrected chi connectivity index (χ0v) is 15.5. The SMILES string of the molecule is CC.C\C=C/C=C\C=C\S(C)(c1ccccc1)c1ccccc1. The predicted molar refractivity (Wildman–Crippen MR) is 107 cm³/mol. The van der Waals surface area contributed by atoms with Crippen LogP contribution in [0.15, 0.2) is 106 Å². The molecule has 0 heterocycles. The zero-order valence-electron chi connectivity index (χ0n) is 14.6. The van der Waals surface area contributed by atoms with Gasteiger partial charge in [0.15, 0.2) is 0 Å². The number of rotatable bonds is 5. The van der Waals surface area contributed by atoms with Gasteiger partial charge in [0.05, 0.1) is 0 Å². The van der Waals surface area contributed by atoms with Gasteiger partial charge in [-0.05, 0) is 52.6 Å². The Kier molecular flexibility index (Phi) is 8.86. The Morgan fingerprint density at radius 2 is 1.09 bits per heavy atom. The van der Waals surface area contributed by atoms with Crippen LogP contribution >= 0.6 is 10.0 Å². The molecule has 0 aliphatic carbocycles. The van der Waals surface area contributed by atoms with E-state index in [2.05, 4.69) is 90.6 Å². The van der Waals surface area contributed by atoms with Crippen molar-refractivity contribution in [1.82, 2.24) is 0 Å². The summed E-state index contributed by atoms with van der Waals surface area (Å²) in [6.45, 7) is 6.03. The number of hydrogen-bond donors (Lipinski definition) is 0. The third-order valence-corrected chi connectivity index (χ3v) is 6.55. The van der Waals surface area contributed by atoms with Crippen LogP contribution in [0, 0.1) is 0 Å². The molecule has 0 unspecified atom stereocenters. The molecule has 0 nitrogen and oxygen atoms in total. The van der Waals surface area contributed by atoms with Crippen molar-refractivity contribution < 1.29 is 0 Å². The molecule has 1 heteroatoms. The minimum absolute atomic E-state index is 1.14. The fourth-order valence-electron chi connectivity index (χ4n) is 2.14. The van der Waals surface area contributed by atoms with E-state index in [0.717, 1.165) is 0 Å². The van der Waals surface area contributed by atoms with Crippen molar-refractivity contribution in [2.75, 3.05) is 6.26 Å². The molecule has 122 valence electrons. The van der Waals surface area contributed by atoms with Crippen LogP contribution in [0.25, 0.3) is 0 Å². The molecular weight excluding hydrogens is 296 g/mol. The quantitative estimate of drug-likeness (QED) is 0.510. The molecule has 0 atom stereocenters. The lowest BCUT2D eigenvalue weighted by atomic mass is 10.4. The first-order valence-electron chi connectivity index (χ1n) is 8.12. The third-order valence-electron chi connectivity index (χ3n) is 3.34. The Labute approximate surface area is 143 Å². The summed E-state index contributed by atoms with van der Waals surface area (Å²) in [5.41, 5.74) is 0. The van der Waals surface area contributed by atoms with Crippen molar-refractivity contribution >= 4 is 10.0 Å². The van der Waals surface area contributed by atoms with E-state index in [1.165, 1.54) is 9.79 Å². The number of hydrogen-bond acceptors (Lipinski definition) is 0. The van der Waals surface area contributed by atoms with E-state index in [9.17, 15) is 0 Å². The Hall–Kier alpha value is -1.99. The summed E-state index contributed by atoms with van der Waals surface area (Å²) < 4.78 is 0. The first-order valence-corrected chi connectivity index (χ1v) is 10.2. The minimum atomic E-state index is -1.14. The van der Waals surface area contributed by atoms with Crippen LogP contribution in [-0.2, 0) is 0 Å². The van der Waals surface area contributed by atoms with Crippen LogP contribution in [0.4, 0.5) is 0 Å². The summed E-state index contributed by atoms with van der Waals surface area (Å²) in [4.78, 5) is 2.76. The Morgan fingerprint density at radius 3 is 1.52 bits per heavy atom. The van der Waals surface area contributed by atoms with Crippen molar-refractivity contribution in [2.45, 2.75) is 30.6 Å². The smallest absolute Gasteiger partial charge is 0.00263 e. The summed E-state index contributed by atoms with van der Waals surface area (Å²) in [5.74, 6) is 0. The second kappa shape index (κ2) is 10.7. The number of allylic oxidation sites excluding steroid dienone is 5. The molecule has 0 N–H and O–H groups in total. The highest BCUT2D eigenvalue weighted by Gasteiger charge is 2.19. The lowest BCUT2D eigenvalue weighted by Gasteiger charge is -2.33. The largest absolute Gasteiger partial charge is 0.170 e. The average Bonchev–Trinajstić information content (AvgIpc) is 2.64. The summed E-state index contributed by atoms with van der Waals surface area (Å²) in [7, 11) is -1.14. The maximum absolute atomic E-state index is 2.34. The van der Waals surface area contributed by atoms with Gasteiger partial charge in [0.1, 0.15) is 0 Å². The van der Waals surface area contributed by atoms with Crippen LogP contribution in [-0.4, -0.2) is 6.26 Å². The van der Waals surface area contributed by atoms with Crippen molar-refractivity contribution in [1.29, 1.82) is 0 Å². The highest BCUT2D eigenvalue weighted by Crippen LogP contribution is 2.60. The molecule has 0 saturated heterocycles. The van der Waals surface area contributed by atoms with E-state index in [-0.39, 0.29) is 0 Å². The van der Waals surface area contributed by atoms with Crippen LogP contribution in [0.3, 0.4) is 0 Å². The molecule has 0 aliphatic rings. The molecule has 2 aromatic rings. The van der Waals surface area contributed by atoms with E-state index >= 15 is 0 Å². The minimum Gasteiger partial charge on any atom is -0.170 e. The van der Waals surface area contributed by atoms with Crippen LogP contribution in [0.5, 0.6) is 0 Å². The van der Waals surface area contributed by atoms with Gasteiger partial charge in [0, 0.05) is 0 Å². The maximum atomic E-state index is 2.34. The molecule has 2 aromatic carbocycles. The van der Waals surface area contributed by atoms with Gasteiger partial charge in [0.2, 0.25) is 0 Å². The van der Waals surface area contributed by atoms with E-state index in [1.807, 2.05) is 32.9 Å². The highest BCUT2D eigenvalue weighted by atomic mass is 32.3. The van der Waals surface area contributed by atoms with Gasteiger partial charge in [-0.25, -0.2) is 0 Å². The Morgan fingerprint density at radius 1 is 0.652 bits per heavy atom. The second-order valence-electron chi connectivity index (χ2n) is 4.85. The van der Waals surface area contributed by atoms with Crippen LogP contribution in [0.1, 0.15) is 20.8 Å². The molecule has 2 rings (SSSR count). The molecular formula is C22H28S. The molecule has 0 saturated carbocycles. The van der Waals surface area contributed by atoms with E-state index in [1.54, 1.807) is 0 Å². The van der Waals surface area contributed by atoms with Gasteiger partial charge in [-0.2, -0.15) is 10.0 Å². The summed E-state index contributed by atoms with van der Waals surface area (Å²) >= 11 is 0. The molecule has 0 radical (unpaired) electrons. The van der Waals surface area contributed by atoms with E-state index in [0.29, 0.717) is 0 Å². The normalized spacial score (nSPS) is 12.5. The molecule has 0 amide bonds. The van der Waals surface area contributed by atoms with Gasteiger partial charge in [-0.1, -0.05) is 80.6 Å². The zero-order chi connectivity index (χ0) is 17.0. The molecule has 0 spiro atoms. The fraction of sp³-hybridized carbons (Fsp3) is 0.182. The van der Waals surface area contributed by atoms with E-state index in [4.69, 9.17) is 0 Å². The second-order valence-corrected chi connectivity index (χ2v) is 8.03. The molecule has 0 aliphatic heterocycles. The van der Waals surface area contributed by atoms with Gasteiger partial charge < -0.3 is 0 Å². The summed E-state index contributed by atoms with van der Waals surface area (Å²) in [6.07, 6.45) is 12.7. The van der Waals surface area contributed by atoms with Gasteiger partial charge in [-0.15, -0.1) is 0 Å².